The van der Waals surface area contributed by atoms with E-state index in [0.717, 1.165) is 12.2 Å². The van der Waals surface area contributed by atoms with Gasteiger partial charge in [-0.1, -0.05) is 24.6 Å². The molecule has 92 valence electrons. The topological polar surface area (TPSA) is 35.2 Å². The third kappa shape index (κ3) is 1.58. The van der Waals surface area contributed by atoms with Gasteiger partial charge in [-0.15, -0.1) is 0 Å². The van der Waals surface area contributed by atoms with Gasteiger partial charge in [0.25, 0.3) is 0 Å². The van der Waals surface area contributed by atoms with E-state index in [2.05, 4.69) is 39.0 Å². The fourth-order valence-corrected chi connectivity index (χ4v) is 2.95. The monoisotopic (exact) mass is 231 g/mol. The summed E-state index contributed by atoms with van der Waals surface area (Å²) in [6, 6.07) is 6.45. The highest BCUT2D eigenvalue weighted by atomic mass is 16.5. The second-order valence-electron chi connectivity index (χ2n) is 6.25. The van der Waals surface area contributed by atoms with Crippen molar-refractivity contribution < 1.29 is 4.74 Å². The third-order valence-electron chi connectivity index (χ3n) is 4.79. The molecule has 2 heteroatoms. The molecule has 1 fully saturated rings. The highest BCUT2D eigenvalue weighted by Gasteiger charge is 2.57. The Morgan fingerprint density at radius 2 is 2.00 bits per heavy atom. The zero-order chi connectivity index (χ0) is 12.3. The van der Waals surface area contributed by atoms with Crippen LogP contribution in [0.3, 0.4) is 0 Å². The van der Waals surface area contributed by atoms with Crippen LogP contribution >= 0.6 is 0 Å². The van der Waals surface area contributed by atoms with E-state index in [0.29, 0.717) is 5.41 Å². The van der Waals surface area contributed by atoms with Crippen LogP contribution in [0.1, 0.15) is 50.3 Å². The lowest BCUT2D eigenvalue weighted by molar-refractivity contribution is -0.00895. The Labute approximate surface area is 103 Å². The highest BCUT2D eigenvalue weighted by Crippen LogP contribution is 2.59. The summed E-state index contributed by atoms with van der Waals surface area (Å²) in [5.41, 5.74) is 9.00. The summed E-state index contributed by atoms with van der Waals surface area (Å²) < 4.78 is 6.29. The smallest absolute Gasteiger partial charge is 0.124 e. The molecule has 0 bridgehead atoms. The summed E-state index contributed by atoms with van der Waals surface area (Å²) in [5.74, 6) is 0.991. The van der Waals surface area contributed by atoms with E-state index in [-0.39, 0.29) is 11.6 Å². The van der Waals surface area contributed by atoms with Crippen molar-refractivity contribution in [2.45, 2.75) is 51.7 Å². The zero-order valence-electron chi connectivity index (χ0n) is 10.9. The minimum atomic E-state index is -0.0886. The number of benzene rings is 1. The Hall–Kier alpha value is -1.02. The van der Waals surface area contributed by atoms with Crippen molar-refractivity contribution in [3.8, 4) is 5.75 Å². The van der Waals surface area contributed by atoms with Crippen LogP contribution < -0.4 is 10.5 Å². The maximum absolute atomic E-state index is 6.34. The van der Waals surface area contributed by atoms with Crippen LogP contribution in [0.2, 0.25) is 0 Å². The van der Waals surface area contributed by atoms with Gasteiger partial charge in [0.05, 0.1) is 0 Å². The third-order valence-corrected chi connectivity index (χ3v) is 4.79. The minimum Gasteiger partial charge on any atom is -0.487 e. The molecule has 2 unspecified atom stereocenters. The van der Waals surface area contributed by atoms with Crippen molar-refractivity contribution in [3.05, 3.63) is 29.3 Å². The molecule has 1 aliphatic carbocycles. The van der Waals surface area contributed by atoms with Gasteiger partial charge in [-0.2, -0.15) is 0 Å². The molecule has 2 nitrogen and oxygen atoms in total. The fourth-order valence-electron chi connectivity index (χ4n) is 2.95. The van der Waals surface area contributed by atoms with Gasteiger partial charge in [-0.3, -0.25) is 0 Å². The van der Waals surface area contributed by atoms with Crippen molar-refractivity contribution in [1.82, 2.24) is 0 Å². The summed E-state index contributed by atoms with van der Waals surface area (Å²) in [7, 11) is 0. The van der Waals surface area contributed by atoms with Gasteiger partial charge in [-0.05, 0) is 32.8 Å². The first-order valence-electron chi connectivity index (χ1n) is 6.49. The molecular formula is C15H21NO. The molecule has 0 radical (unpaired) electrons. The Kier molecular flexibility index (Phi) is 2.13. The SMILES string of the molecule is Cc1ccc2c(c1)C(N)CC(C)(C1(C)CC1)O2. The van der Waals surface area contributed by atoms with E-state index in [9.17, 15) is 0 Å². The fraction of sp³-hybridized carbons (Fsp3) is 0.600. The van der Waals surface area contributed by atoms with Gasteiger partial charge < -0.3 is 10.5 Å². The van der Waals surface area contributed by atoms with Gasteiger partial charge in [0.15, 0.2) is 0 Å². The first kappa shape index (κ1) is 11.1. The number of fused-ring (bicyclic) bond motifs is 1. The first-order chi connectivity index (χ1) is 7.94. The van der Waals surface area contributed by atoms with Crippen molar-refractivity contribution in [2.24, 2.45) is 11.1 Å². The van der Waals surface area contributed by atoms with E-state index < -0.39 is 0 Å². The number of hydrogen-bond donors (Lipinski definition) is 1. The highest BCUT2D eigenvalue weighted by molar-refractivity contribution is 5.42. The summed E-state index contributed by atoms with van der Waals surface area (Å²) in [4.78, 5) is 0. The van der Waals surface area contributed by atoms with Gasteiger partial charge in [0.1, 0.15) is 11.4 Å². The van der Waals surface area contributed by atoms with Gasteiger partial charge >= 0.3 is 0 Å². The summed E-state index contributed by atoms with van der Waals surface area (Å²) in [5, 5.41) is 0. The molecule has 0 spiro atoms. The molecule has 1 aromatic rings. The van der Waals surface area contributed by atoms with E-state index in [1.165, 1.54) is 24.0 Å². The Morgan fingerprint density at radius 1 is 1.29 bits per heavy atom. The van der Waals surface area contributed by atoms with E-state index in [1.54, 1.807) is 0 Å². The predicted octanol–water partition coefficient (Wildman–Crippen LogP) is 3.34. The lowest BCUT2D eigenvalue weighted by atomic mass is 9.78. The van der Waals surface area contributed by atoms with Crippen LogP contribution in [-0.4, -0.2) is 5.60 Å². The molecule has 17 heavy (non-hydrogen) atoms. The summed E-state index contributed by atoms with van der Waals surface area (Å²) in [6.07, 6.45) is 3.45. The molecule has 0 amide bonds. The van der Waals surface area contributed by atoms with Crippen LogP contribution in [0.15, 0.2) is 18.2 Å². The molecule has 3 rings (SSSR count). The Morgan fingerprint density at radius 3 is 2.65 bits per heavy atom. The number of rotatable bonds is 1. The molecule has 2 atom stereocenters. The number of ether oxygens (including phenoxy) is 1. The molecule has 0 aromatic heterocycles. The molecule has 1 saturated carbocycles. The second kappa shape index (κ2) is 3.26. The maximum Gasteiger partial charge on any atom is 0.124 e. The van der Waals surface area contributed by atoms with Gasteiger partial charge in [0.2, 0.25) is 0 Å². The molecular weight excluding hydrogens is 210 g/mol. The largest absolute Gasteiger partial charge is 0.487 e. The Bertz CT molecular complexity index is 464. The van der Waals surface area contributed by atoms with E-state index >= 15 is 0 Å². The lowest BCUT2D eigenvalue weighted by Crippen LogP contribution is -2.46. The Balaban J connectivity index is 2.01. The summed E-state index contributed by atoms with van der Waals surface area (Å²) >= 11 is 0. The van der Waals surface area contributed by atoms with Crippen LogP contribution in [0, 0.1) is 12.3 Å². The molecule has 1 heterocycles. The number of aryl methyl sites for hydroxylation is 1. The predicted molar refractivity (Wildman–Crippen MR) is 69.1 cm³/mol. The standard InChI is InChI=1S/C15H21NO/c1-10-4-5-13-11(8-10)12(16)9-15(3,17-13)14(2)6-7-14/h4-5,8,12H,6-7,9,16H2,1-3H3. The summed E-state index contributed by atoms with van der Waals surface area (Å²) in [6.45, 7) is 6.64. The molecule has 2 N–H and O–H groups in total. The molecule has 0 saturated heterocycles. The number of hydrogen-bond acceptors (Lipinski definition) is 2. The van der Waals surface area contributed by atoms with Crippen molar-refractivity contribution in [1.29, 1.82) is 0 Å². The van der Waals surface area contributed by atoms with Crippen molar-refractivity contribution in [3.63, 3.8) is 0 Å². The first-order valence-corrected chi connectivity index (χ1v) is 6.49. The average molecular weight is 231 g/mol. The lowest BCUT2D eigenvalue weighted by Gasteiger charge is -2.43. The van der Waals surface area contributed by atoms with Gasteiger partial charge in [0, 0.05) is 23.4 Å². The van der Waals surface area contributed by atoms with Crippen LogP contribution in [0.4, 0.5) is 0 Å². The van der Waals surface area contributed by atoms with Crippen LogP contribution in [0.25, 0.3) is 0 Å². The van der Waals surface area contributed by atoms with Crippen molar-refractivity contribution in [2.75, 3.05) is 0 Å². The van der Waals surface area contributed by atoms with E-state index in [4.69, 9.17) is 10.5 Å². The second-order valence-corrected chi connectivity index (χ2v) is 6.25. The minimum absolute atomic E-state index is 0.0886. The molecule has 1 aliphatic heterocycles. The maximum atomic E-state index is 6.34. The van der Waals surface area contributed by atoms with Crippen molar-refractivity contribution >= 4 is 0 Å². The van der Waals surface area contributed by atoms with Crippen LogP contribution in [-0.2, 0) is 0 Å². The van der Waals surface area contributed by atoms with E-state index in [1.807, 2.05) is 0 Å². The zero-order valence-corrected chi connectivity index (χ0v) is 10.9. The average Bonchev–Trinajstić information content (AvgIpc) is 3.00. The number of nitrogens with two attached hydrogens (primary N) is 1. The molecule has 1 aromatic carbocycles. The van der Waals surface area contributed by atoms with Gasteiger partial charge in [-0.25, -0.2) is 0 Å². The van der Waals surface area contributed by atoms with Crippen LogP contribution in [0.5, 0.6) is 5.75 Å². The normalized spacial score (nSPS) is 33.8. The quantitative estimate of drug-likeness (QED) is 0.804. The molecule has 2 aliphatic rings.